The Balaban J connectivity index is 2.18. The monoisotopic (exact) mass is 236 g/mol. The Morgan fingerprint density at radius 3 is 2.78 bits per heavy atom. The SMILES string of the molecule is O=C=Nc1cc(-c2ccccc2)nc2c1CCC2. The van der Waals surface area contributed by atoms with E-state index in [2.05, 4.69) is 9.98 Å². The molecule has 2 aromatic rings. The highest BCUT2D eigenvalue weighted by Gasteiger charge is 2.18. The van der Waals surface area contributed by atoms with Crippen LogP contribution in [-0.2, 0) is 17.6 Å². The molecule has 0 bridgehead atoms. The van der Waals surface area contributed by atoms with Crippen molar-refractivity contribution < 1.29 is 4.79 Å². The number of nitrogens with zero attached hydrogens (tertiary/aromatic N) is 2. The summed E-state index contributed by atoms with van der Waals surface area (Å²) in [5.74, 6) is 0. The van der Waals surface area contributed by atoms with E-state index in [0.29, 0.717) is 0 Å². The molecule has 1 aromatic carbocycles. The van der Waals surface area contributed by atoms with Crippen molar-refractivity contribution in [1.82, 2.24) is 4.98 Å². The summed E-state index contributed by atoms with van der Waals surface area (Å²) in [6.45, 7) is 0. The summed E-state index contributed by atoms with van der Waals surface area (Å²) in [6, 6.07) is 11.8. The first kappa shape index (κ1) is 10.9. The third-order valence-corrected chi connectivity index (χ3v) is 3.26. The lowest BCUT2D eigenvalue weighted by Gasteiger charge is -2.07. The quantitative estimate of drug-likeness (QED) is 0.593. The predicted octanol–water partition coefficient (Wildman–Crippen LogP) is 3.20. The van der Waals surface area contributed by atoms with Gasteiger partial charge in [0.05, 0.1) is 11.4 Å². The van der Waals surface area contributed by atoms with Gasteiger partial charge in [-0.15, -0.1) is 0 Å². The summed E-state index contributed by atoms with van der Waals surface area (Å²) in [6.07, 6.45) is 4.65. The van der Waals surface area contributed by atoms with Crippen molar-refractivity contribution in [2.45, 2.75) is 19.3 Å². The van der Waals surface area contributed by atoms with Crippen LogP contribution in [0.1, 0.15) is 17.7 Å². The number of aromatic nitrogens is 1. The van der Waals surface area contributed by atoms with Crippen molar-refractivity contribution in [3.8, 4) is 11.3 Å². The summed E-state index contributed by atoms with van der Waals surface area (Å²) in [4.78, 5) is 19.0. The summed E-state index contributed by atoms with van der Waals surface area (Å²) >= 11 is 0. The van der Waals surface area contributed by atoms with Crippen LogP contribution in [0.2, 0.25) is 0 Å². The van der Waals surface area contributed by atoms with Crippen molar-refractivity contribution in [2.75, 3.05) is 0 Å². The fraction of sp³-hybridized carbons (Fsp3) is 0.200. The molecule has 0 radical (unpaired) electrons. The maximum absolute atomic E-state index is 10.5. The second-order valence-electron chi connectivity index (χ2n) is 4.37. The molecule has 1 aliphatic carbocycles. The Labute approximate surface area is 105 Å². The average Bonchev–Trinajstić information content (AvgIpc) is 2.88. The summed E-state index contributed by atoms with van der Waals surface area (Å²) in [7, 11) is 0. The molecule has 0 saturated carbocycles. The number of aliphatic imine (C=N–C) groups is 1. The third kappa shape index (κ3) is 1.85. The molecule has 0 unspecified atom stereocenters. The lowest BCUT2D eigenvalue weighted by molar-refractivity contribution is 0.565. The topological polar surface area (TPSA) is 42.3 Å². The molecule has 0 atom stereocenters. The second-order valence-corrected chi connectivity index (χ2v) is 4.37. The van der Waals surface area contributed by atoms with Gasteiger partial charge in [0.1, 0.15) is 0 Å². The number of benzene rings is 1. The highest BCUT2D eigenvalue weighted by molar-refractivity contribution is 5.67. The van der Waals surface area contributed by atoms with Crippen LogP contribution in [0.4, 0.5) is 5.69 Å². The minimum absolute atomic E-state index is 0.728. The van der Waals surface area contributed by atoms with Crippen LogP contribution >= 0.6 is 0 Å². The second kappa shape index (κ2) is 4.55. The standard InChI is InChI=1S/C15H12N2O/c18-10-16-15-9-14(11-5-2-1-3-6-11)17-13-8-4-7-12(13)15/h1-3,5-6,9H,4,7-8H2. The van der Waals surface area contributed by atoms with E-state index in [9.17, 15) is 4.79 Å². The highest BCUT2D eigenvalue weighted by atomic mass is 16.1. The number of isocyanates is 1. The van der Waals surface area contributed by atoms with Gasteiger partial charge in [0.15, 0.2) is 0 Å². The molecular weight excluding hydrogens is 224 g/mol. The zero-order chi connectivity index (χ0) is 12.4. The van der Waals surface area contributed by atoms with Crippen molar-refractivity contribution in [3.05, 3.63) is 47.7 Å². The maximum Gasteiger partial charge on any atom is 0.240 e. The van der Waals surface area contributed by atoms with Crippen LogP contribution in [-0.4, -0.2) is 11.1 Å². The Morgan fingerprint density at radius 2 is 2.00 bits per heavy atom. The minimum atomic E-state index is 0.728. The van der Waals surface area contributed by atoms with Crippen LogP contribution in [0.15, 0.2) is 41.4 Å². The van der Waals surface area contributed by atoms with Crippen LogP contribution < -0.4 is 0 Å². The molecule has 1 heterocycles. The molecule has 1 aromatic heterocycles. The van der Waals surface area contributed by atoms with Crippen LogP contribution in [0.5, 0.6) is 0 Å². The van der Waals surface area contributed by atoms with E-state index in [-0.39, 0.29) is 0 Å². The molecule has 3 rings (SSSR count). The molecular formula is C15H12N2O. The first-order chi connectivity index (χ1) is 8.88. The Bertz CT molecular complexity index is 628. The molecule has 0 amide bonds. The maximum atomic E-state index is 10.5. The van der Waals surface area contributed by atoms with Crippen LogP contribution in [0.3, 0.4) is 0 Å². The summed E-state index contributed by atoms with van der Waals surface area (Å²) in [5.41, 5.74) is 4.84. The highest BCUT2D eigenvalue weighted by Crippen LogP contribution is 2.33. The Hall–Kier alpha value is -2.25. The Kier molecular flexibility index (Phi) is 2.75. The fourth-order valence-electron chi connectivity index (χ4n) is 2.43. The van der Waals surface area contributed by atoms with Gasteiger partial charge in [-0.2, -0.15) is 4.99 Å². The molecule has 18 heavy (non-hydrogen) atoms. The van der Waals surface area contributed by atoms with E-state index in [4.69, 9.17) is 0 Å². The van der Waals surface area contributed by atoms with Gasteiger partial charge < -0.3 is 0 Å². The molecule has 0 fully saturated rings. The van der Waals surface area contributed by atoms with Gasteiger partial charge in [-0.3, -0.25) is 4.98 Å². The van der Waals surface area contributed by atoms with Crippen LogP contribution in [0, 0.1) is 0 Å². The van der Waals surface area contributed by atoms with E-state index in [1.54, 1.807) is 6.08 Å². The number of rotatable bonds is 2. The van der Waals surface area contributed by atoms with Crippen molar-refractivity contribution in [2.24, 2.45) is 4.99 Å². The van der Waals surface area contributed by atoms with Crippen molar-refractivity contribution in [3.63, 3.8) is 0 Å². The average molecular weight is 236 g/mol. The van der Waals surface area contributed by atoms with Gasteiger partial charge >= 0.3 is 0 Å². The number of hydrogen-bond donors (Lipinski definition) is 0. The number of pyridine rings is 1. The van der Waals surface area contributed by atoms with Gasteiger partial charge in [0.2, 0.25) is 6.08 Å². The molecule has 0 N–H and O–H groups in total. The minimum Gasteiger partial charge on any atom is -0.252 e. The molecule has 1 aliphatic rings. The summed E-state index contributed by atoms with van der Waals surface area (Å²) < 4.78 is 0. The van der Waals surface area contributed by atoms with Crippen molar-refractivity contribution >= 4 is 11.8 Å². The van der Waals surface area contributed by atoms with E-state index >= 15 is 0 Å². The first-order valence-corrected chi connectivity index (χ1v) is 6.04. The van der Waals surface area contributed by atoms with Crippen molar-refractivity contribution in [1.29, 1.82) is 0 Å². The van der Waals surface area contributed by atoms with Crippen LogP contribution in [0.25, 0.3) is 11.3 Å². The number of hydrogen-bond acceptors (Lipinski definition) is 3. The molecule has 88 valence electrons. The smallest absolute Gasteiger partial charge is 0.240 e. The van der Waals surface area contributed by atoms with Gasteiger partial charge in [0.25, 0.3) is 0 Å². The number of aryl methyl sites for hydroxylation is 1. The third-order valence-electron chi connectivity index (χ3n) is 3.26. The zero-order valence-electron chi connectivity index (χ0n) is 9.89. The predicted molar refractivity (Wildman–Crippen MR) is 69.5 cm³/mol. The Morgan fingerprint density at radius 1 is 1.17 bits per heavy atom. The zero-order valence-corrected chi connectivity index (χ0v) is 9.89. The van der Waals surface area contributed by atoms with E-state index in [1.807, 2.05) is 36.4 Å². The van der Waals surface area contributed by atoms with Gasteiger partial charge in [-0.05, 0) is 25.3 Å². The molecule has 3 nitrogen and oxygen atoms in total. The molecule has 0 saturated heterocycles. The lowest BCUT2D eigenvalue weighted by Crippen LogP contribution is -1.92. The van der Waals surface area contributed by atoms with E-state index in [1.165, 1.54) is 0 Å². The first-order valence-electron chi connectivity index (χ1n) is 6.04. The molecule has 0 spiro atoms. The van der Waals surface area contributed by atoms with Gasteiger partial charge in [0, 0.05) is 16.8 Å². The number of carbonyl (C=O) groups excluding carboxylic acids is 1. The normalized spacial score (nSPS) is 12.9. The van der Waals surface area contributed by atoms with Gasteiger partial charge in [-0.25, -0.2) is 4.79 Å². The molecule has 0 aliphatic heterocycles. The number of fused-ring (bicyclic) bond motifs is 1. The lowest BCUT2D eigenvalue weighted by atomic mass is 10.1. The van der Waals surface area contributed by atoms with E-state index in [0.717, 1.165) is 47.5 Å². The van der Waals surface area contributed by atoms with E-state index < -0.39 is 0 Å². The van der Waals surface area contributed by atoms with Gasteiger partial charge in [-0.1, -0.05) is 30.3 Å². The molecule has 3 heteroatoms. The fourth-order valence-corrected chi connectivity index (χ4v) is 2.43. The largest absolute Gasteiger partial charge is 0.252 e. The summed E-state index contributed by atoms with van der Waals surface area (Å²) in [5, 5.41) is 0.